The fourth-order valence-corrected chi connectivity index (χ4v) is 5.25. The minimum Gasteiger partial charge on any atom is -0.466 e. The molecule has 0 aliphatic carbocycles. The molecule has 2 atom stereocenters. The van der Waals surface area contributed by atoms with Gasteiger partial charge in [-0.05, 0) is 53.6 Å². The summed E-state index contributed by atoms with van der Waals surface area (Å²) in [4.78, 5) is 12.9. The van der Waals surface area contributed by atoms with Gasteiger partial charge in [0.2, 0.25) is 6.23 Å². The number of non-ortho nitro benzene ring substituents is 1. The third kappa shape index (κ3) is 3.79. The first-order valence-electron chi connectivity index (χ1n) is 11.4. The van der Waals surface area contributed by atoms with Gasteiger partial charge >= 0.3 is 0 Å². The zero-order valence-electron chi connectivity index (χ0n) is 19.2. The molecule has 0 N–H and O–H groups in total. The Balaban J connectivity index is 1.63. The molecular weight excluding hydrogens is 522 g/mol. The van der Waals surface area contributed by atoms with E-state index in [1.807, 2.05) is 43.3 Å². The summed E-state index contributed by atoms with van der Waals surface area (Å²) in [7, 11) is 0. The van der Waals surface area contributed by atoms with Crippen LogP contribution in [-0.2, 0) is 0 Å². The van der Waals surface area contributed by atoms with Crippen LogP contribution < -0.4 is 9.64 Å². The number of fused-ring (bicyclic) bond motifs is 3. The predicted molar refractivity (Wildman–Crippen MR) is 140 cm³/mol. The van der Waals surface area contributed by atoms with Gasteiger partial charge in [0, 0.05) is 33.8 Å². The van der Waals surface area contributed by atoms with Crippen LogP contribution in [0.3, 0.4) is 0 Å². The van der Waals surface area contributed by atoms with Gasteiger partial charge in [-0.1, -0.05) is 63.6 Å². The van der Waals surface area contributed by atoms with Gasteiger partial charge in [0.25, 0.3) is 5.69 Å². The third-order valence-electron chi connectivity index (χ3n) is 6.41. The lowest BCUT2D eigenvalue weighted by molar-refractivity contribution is -0.384. The summed E-state index contributed by atoms with van der Waals surface area (Å²) in [6.45, 7) is 1.85. The maximum Gasteiger partial charge on any atom is 0.269 e. The highest BCUT2D eigenvalue weighted by Gasteiger charge is 2.40. The molecule has 4 aromatic carbocycles. The molecule has 1 aromatic heterocycles. The van der Waals surface area contributed by atoms with Gasteiger partial charge in [-0.25, -0.2) is 0 Å². The first kappa shape index (κ1) is 22.3. The Morgan fingerprint density at radius 3 is 2.47 bits per heavy atom. The number of anilines is 1. The van der Waals surface area contributed by atoms with Crippen molar-refractivity contribution in [2.45, 2.75) is 19.2 Å². The smallest absolute Gasteiger partial charge is 0.269 e. The molecule has 0 radical (unpaired) electrons. The first-order chi connectivity index (χ1) is 17.5. The number of hydrogen-bond donors (Lipinski definition) is 0. The molecule has 7 nitrogen and oxygen atoms in total. The molecule has 6 rings (SSSR count). The van der Waals surface area contributed by atoms with Crippen LogP contribution in [0.2, 0.25) is 0 Å². The Bertz CT molecular complexity index is 1600. The van der Waals surface area contributed by atoms with E-state index in [0.717, 1.165) is 37.7 Å². The minimum atomic E-state index is -0.604. The summed E-state index contributed by atoms with van der Waals surface area (Å²) in [6, 6.07) is 28.5. The van der Waals surface area contributed by atoms with E-state index in [1.165, 1.54) is 12.1 Å². The zero-order valence-corrected chi connectivity index (χ0v) is 20.8. The van der Waals surface area contributed by atoms with Crippen LogP contribution in [0.4, 0.5) is 11.5 Å². The summed E-state index contributed by atoms with van der Waals surface area (Å²) >= 11 is 3.63. The van der Waals surface area contributed by atoms with E-state index >= 15 is 0 Å². The van der Waals surface area contributed by atoms with Gasteiger partial charge in [0.15, 0.2) is 5.82 Å². The van der Waals surface area contributed by atoms with E-state index < -0.39 is 11.2 Å². The van der Waals surface area contributed by atoms with Crippen LogP contribution in [0.5, 0.6) is 5.75 Å². The van der Waals surface area contributed by atoms with Crippen molar-refractivity contribution in [2.24, 2.45) is 0 Å². The second-order valence-electron chi connectivity index (χ2n) is 8.68. The molecule has 0 amide bonds. The monoisotopic (exact) mass is 541 g/mol. The molecule has 1 aliphatic heterocycles. The second kappa shape index (κ2) is 8.80. The van der Waals surface area contributed by atoms with Crippen molar-refractivity contribution in [1.82, 2.24) is 5.16 Å². The van der Waals surface area contributed by atoms with E-state index in [2.05, 4.69) is 56.3 Å². The SMILES string of the molecule is Cc1cc(N2C(c3ccc([N+](=O)[O-])cc3)Oc3ccc4ccccc4c3C2c2cccc(Br)c2)no1. The largest absolute Gasteiger partial charge is 0.466 e. The highest BCUT2D eigenvalue weighted by Crippen LogP contribution is 2.50. The summed E-state index contributed by atoms with van der Waals surface area (Å²) in [5, 5.41) is 17.8. The number of nitro groups is 1. The Morgan fingerprint density at radius 1 is 0.944 bits per heavy atom. The first-order valence-corrected chi connectivity index (χ1v) is 12.2. The molecule has 0 saturated heterocycles. The normalized spacial score (nSPS) is 17.0. The second-order valence-corrected chi connectivity index (χ2v) is 9.59. The molecule has 0 spiro atoms. The lowest BCUT2D eigenvalue weighted by atomic mass is 9.89. The molecule has 0 saturated carbocycles. The highest BCUT2D eigenvalue weighted by molar-refractivity contribution is 9.10. The van der Waals surface area contributed by atoms with E-state index in [-0.39, 0.29) is 11.7 Å². The van der Waals surface area contributed by atoms with Crippen LogP contribution in [0.1, 0.15) is 34.7 Å². The van der Waals surface area contributed by atoms with Crippen LogP contribution >= 0.6 is 15.9 Å². The average Bonchev–Trinajstić information content (AvgIpc) is 3.33. The lowest BCUT2D eigenvalue weighted by Crippen LogP contribution is -2.40. The van der Waals surface area contributed by atoms with Crippen molar-refractivity contribution < 1.29 is 14.2 Å². The van der Waals surface area contributed by atoms with Crippen molar-refractivity contribution in [3.05, 3.63) is 128 Å². The standard InChI is InChI=1S/C28H20BrN3O4/c1-17-15-25(30-36-17)31-27(20-6-4-7-21(29)16-20)26-23-8-3-2-5-18(23)11-14-24(26)35-28(31)19-9-12-22(13-10-19)32(33)34/h2-16,27-28H,1H3. The van der Waals surface area contributed by atoms with E-state index in [4.69, 9.17) is 9.26 Å². The summed E-state index contributed by atoms with van der Waals surface area (Å²) in [5.41, 5.74) is 2.84. The van der Waals surface area contributed by atoms with E-state index in [0.29, 0.717) is 11.6 Å². The Hall–Kier alpha value is -4.17. The Morgan fingerprint density at radius 2 is 1.75 bits per heavy atom. The fraction of sp³-hybridized carbons (Fsp3) is 0.107. The molecule has 2 unspecified atom stereocenters. The van der Waals surface area contributed by atoms with E-state index in [1.54, 1.807) is 12.1 Å². The maximum absolute atomic E-state index is 11.3. The van der Waals surface area contributed by atoms with Gasteiger partial charge in [-0.15, -0.1) is 0 Å². The topological polar surface area (TPSA) is 81.6 Å². The number of nitro benzene ring substituents is 1. The van der Waals surface area contributed by atoms with Gasteiger partial charge in [-0.2, -0.15) is 0 Å². The number of aromatic nitrogens is 1. The summed E-state index contributed by atoms with van der Waals surface area (Å²) < 4.78 is 13.1. The number of benzene rings is 4. The molecule has 2 heterocycles. The number of halogens is 1. The van der Waals surface area contributed by atoms with Crippen molar-refractivity contribution in [3.63, 3.8) is 0 Å². The van der Waals surface area contributed by atoms with Gasteiger partial charge in [0.05, 0.1) is 11.0 Å². The maximum atomic E-state index is 11.3. The number of hydrogen-bond acceptors (Lipinski definition) is 6. The predicted octanol–water partition coefficient (Wildman–Crippen LogP) is 7.49. The highest BCUT2D eigenvalue weighted by atomic mass is 79.9. The molecule has 36 heavy (non-hydrogen) atoms. The van der Waals surface area contributed by atoms with Gasteiger partial charge < -0.3 is 14.2 Å². The molecule has 0 fully saturated rings. The van der Waals surface area contributed by atoms with Crippen LogP contribution in [0.25, 0.3) is 10.8 Å². The van der Waals surface area contributed by atoms with E-state index in [9.17, 15) is 10.1 Å². The third-order valence-corrected chi connectivity index (χ3v) is 6.90. The summed E-state index contributed by atoms with van der Waals surface area (Å²) in [6.07, 6.45) is -0.604. The number of aryl methyl sites for hydroxylation is 1. The molecular formula is C28H20BrN3O4. The average molecular weight is 542 g/mol. The Kier molecular flexibility index (Phi) is 5.45. The molecule has 0 bridgehead atoms. The molecule has 8 heteroatoms. The van der Waals surface area contributed by atoms with Crippen LogP contribution in [0, 0.1) is 17.0 Å². The van der Waals surface area contributed by atoms with Gasteiger partial charge in [0.1, 0.15) is 11.5 Å². The van der Waals surface area contributed by atoms with Crippen LogP contribution in [-0.4, -0.2) is 10.1 Å². The fourth-order valence-electron chi connectivity index (χ4n) is 4.83. The summed E-state index contributed by atoms with van der Waals surface area (Å²) in [5.74, 6) is 2.03. The zero-order chi connectivity index (χ0) is 24.8. The number of ether oxygens (including phenoxy) is 1. The van der Waals surface area contributed by atoms with Crippen molar-refractivity contribution in [2.75, 3.05) is 4.90 Å². The minimum absolute atomic E-state index is 0.0216. The molecule has 178 valence electrons. The Labute approximate surface area is 215 Å². The number of nitrogens with zero attached hydrogens (tertiary/aromatic N) is 3. The lowest BCUT2D eigenvalue weighted by Gasteiger charge is -2.44. The number of rotatable bonds is 4. The van der Waals surface area contributed by atoms with Crippen molar-refractivity contribution in [1.29, 1.82) is 0 Å². The molecule has 1 aliphatic rings. The van der Waals surface area contributed by atoms with Crippen LogP contribution in [0.15, 0.2) is 100.0 Å². The van der Waals surface area contributed by atoms with Gasteiger partial charge in [-0.3, -0.25) is 10.1 Å². The van der Waals surface area contributed by atoms with Crippen molar-refractivity contribution >= 4 is 38.2 Å². The molecule has 5 aromatic rings. The van der Waals surface area contributed by atoms with Crippen molar-refractivity contribution in [3.8, 4) is 5.75 Å². The quantitative estimate of drug-likeness (QED) is 0.173.